The topological polar surface area (TPSA) is 34.0 Å². The van der Waals surface area contributed by atoms with Gasteiger partial charge in [0.1, 0.15) is 4.32 Å². The van der Waals surface area contributed by atoms with Crippen LogP contribution in [0.4, 0.5) is 0 Å². The third-order valence-electron chi connectivity index (χ3n) is 3.42. The molecule has 2 fully saturated rings. The van der Waals surface area contributed by atoms with Crippen LogP contribution in [0.25, 0.3) is 6.08 Å². The Kier molecular flexibility index (Phi) is 3.26. The molecular weight excluding hydrogens is 264 g/mol. The van der Waals surface area contributed by atoms with Crippen molar-refractivity contribution >= 4 is 40.3 Å². The van der Waals surface area contributed by atoms with E-state index in [0.717, 1.165) is 5.56 Å². The summed E-state index contributed by atoms with van der Waals surface area (Å²) in [6.07, 6.45) is 11.3. The maximum Gasteiger partial charge on any atom is 0.263 e. The number of thioether (sulfide) groups is 1. The lowest BCUT2D eigenvalue weighted by molar-refractivity contribution is -0.115. The molecule has 94 valence electrons. The van der Waals surface area contributed by atoms with E-state index in [1.165, 1.54) is 37.4 Å². The Hall–Kier alpha value is -1.07. The molecule has 0 atom stereocenters. The Labute approximate surface area is 116 Å². The summed E-state index contributed by atoms with van der Waals surface area (Å²) < 4.78 is 2.82. The highest BCUT2D eigenvalue weighted by Crippen LogP contribution is 2.31. The molecule has 0 bridgehead atoms. The number of amides is 1. The molecule has 1 N–H and O–H groups in total. The second-order valence-corrected chi connectivity index (χ2v) is 6.40. The number of carbonyl (C=O) groups excluding carboxylic acids is 1. The Balaban J connectivity index is 1.79. The third-order valence-corrected chi connectivity index (χ3v) is 4.59. The smallest absolute Gasteiger partial charge is 0.263 e. The molecule has 1 saturated heterocycles. The average molecular weight is 278 g/mol. The largest absolute Gasteiger partial charge is 0.351 e. The van der Waals surface area contributed by atoms with Crippen LogP contribution < -0.4 is 5.32 Å². The number of carbonyl (C=O) groups is 1. The maximum atomic E-state index is 11.6. The summed E-state index contributed by atoms with van der Waals surface area (Å²) in [5.74, 6) is -0.0846. The van der Waals surface area contributed by atoms with Gasteiger partial charge in [-0.1, -0.05) is 36.8 Å². The van der Waals surface area contributed by atoms with E-state index in [1.807, 2.05) is 6.08 Å². The van der Waals surface area contributed by atoms with E-state index in [9.17, 15) is 4.79 Å². The van der Waals surface area contributed by atoms with E-state index in [4.69, 9.17) is 12.2 Å². The van der Waals surface area contributed by atoms with E-state index in [2.05, 4.69) is 28.3 Å². The number of thiocarbonyl (C=S) groups is 1. The summed E-state index contributed by atoms with van der Waals surface area (Å²) >= 11 is 6.30. The molecule has 1 aromatic rings. The van der Waals surface area contributed by atoms with Gasteiger partial charge in [0.15, 0.2) is 0 Å². The first-order valence-electron chi connectivity index (χ1n) is 6.15. The van der Waals surface area contributed by atoms with Crippen molar-refractivity contribution in [1.29, 1.82) is 0 Å². The molecular formula is C13H14N2OS2. The zero-order chi connectivity index (χ0) is 12.5. The van der Waals surface area contributed by atoms with Crippen LogP contribution in [-0.2, 0) is 4.79 Å². The quantitative estimate of drug-likeness (QED) is 0.667. The van der Waals surface area contributed by atoms with Crippen LogP contribution >= 0.6 is 24.0 Å². The minimum atomic E-state index is -0.0846. The van der Waals surface area contributed by atoms with Crippen LogP contribution in [0.1, 0.15) is 37.3 Å². The van der Waals surface area contributed by atoms with Crippen molar-refractivity contribution in [3.63, 3.8) is 0 Å². The first-order chi connectivity index (χ1) is 8.72. The molecule has 5 heteroatoms. The normalized spacial score (nSPS) is 23.0. The Morgan fingerprint density at radius 3 is 2.89 bits per heavy atom. The predicted octanol–water partition coefficient (Wildman–Crippen LogP) is 3.09. The minimum Gasteiger partial charge on any atom is -0.351 e. The fourth-order valence-electron chi connectivity index (χ4n) is 2.52. The molecule has 2 heterocycles. The Morgan fingerprint density at radius 2 is 2.22 bits per heavy atom. The average Bonchev–Trinajstić information content (AvgIpc) is 3.02. The number of nitrogens with zero attached hydrogens (tertiary/aromatic N) is 1. The fourth-order valence-corrected chi connectivity index (χ4v) is 3.56. The molecule has 1 aromatic heterocycles. The van der Waals surface area contributed by atoms with Gasteiger partial charge in [0.05, 0.1) is 4.91 Å². The van der Waals surface area contributed by atoms with Crippen LogP contribution in [-0.4, -0.2) is 14.8 Å². The van der Waals surface area contributed by atoms with Gasteiger partial charge >= 0.3 is 0 Å². The summed E-state index contributed by atoms with van der Waals surface area (Å²) in [4.78, 5) is 12.2. The second kappa shape index (κ2) is 4.90. The van der Waals surface area contributed by atoms with Crippen LogP contribution in [0.5, 0.6) is 0 Å². The highest BCUT2D eigenvalue weighted by atomic mass is 32.2. The molecule has 1 amide bonds. The number of nitrogens with one attached hydrogen (secondary N) is 1. The zero-order valence-electron chi connectivity index (χ0n) is 9.89. The minimum absolute atomic E-state index is 0.0846. The van der Waals surface area contributed by atoms with Crippen molar-refractivity contribution in [2.24, 2.45) is 0 Å². The van der Waals surface area contributed by atoms with Gasteiger partial charge in [-0.3, -0.25) is 4.79 Å². The van der Waals surface area contributed by atoms with Crippen molar-refractivity contribution in [3.8, 4) is 0 Å². The highest BCUT2D eigenvalue weighted by molar-refractivity contribution is 8.26. The second-order valence-electron chi connectivity index (χ2n) is 4.68. The van der Waals surface area contributed by atoms with Crippen LogP contribution in [0, 0.1) is 0 Å². The number of hydrogen-bond acceptors (Lipinski definition) is 3. The first-order valence-corrected chi connectivity index (χ1v) is 7.37. The van der Waals surface area contributed by atoms with Crippen molar-refractivity contribution in [2.75, 3.05) is 0 Å². The maximum absolute atomic E-state index is 11.6. The SMILES string of the molecule is O=C1NC(=S)S/C1=C\c1ccn(C2CCCC2)c1. The summed E-state index contributed by atoms with van der Waals surface area (Å²) in [6, 6.07) is 2.70. The van der Waals surface area contributed by atoms with Gasteiger partial charge in [0.2, 0.25) is 0 Å². The van der Waals surface area contributed by atoms with E-state index in [-0.39, 0.29) is 5.91 Å². The summed E-state index contributed by atoms with van der Waals surface area (Å²) in [5, 5.41) is 2.63. The van der Waals surface area contributed by atoms with Crippen LogP contribution in [0.3, 0.4) is 0 Å². The summed E-state index contributed by atoms with van der Waals surface area (Å²) in [7, 11) is 0. The standard InChI is InChI=1S/C13H14N2OS2/c16-12-11(18-13(17)14-12)7-9-5-6-15(8-9)10-3-1-2-4-10/h5-8,10H,1-4H2,(H,14,16,17)/b11-7-. The Bertz CT molecular complexity index is 527. The van der Waals surface area contributed by atoms with E-state index in [0.29, 0.717) is 15.3 Å². The van der Waals surface area contributed by atoms with Gasteiger partial charge in [0.25, 0.3) is 5.91 Å². The lowest BCUT2D eigenvalue weighted by atomic mass is 10.2. The van der Waals surface area contributed by atoms with Crippen molar-refractivity contribution in [3.05, 3.63) is 28.9 Å². The van der Waals surface area contributed by atoms with Gasteiger partial charge in [-0.25, -0.2) is 0 Å². The summed E-state index contributed by atoms with van der Waals surface area (Å²) in [6.45, 7) is 0. The lowest BCUT2D eigenvalue weighted by Crippen LogP contribution is -2.17. The van der Waals surface area contributed by atoms with Crippen molar-refractivity contribution < 1.29 is 4.79 Å². The molecule has 3 rings (SSSR count). The molecule has 1 aliphatic heterocycles. The van der Waals surface area contributed by atoms with E-state index >= 15 is 0 Å². The molecule has 1 aliphatic carbocycles. The monoisotopic (exact) mass is 278 g/mol. The molecule has 0 spiro atoms. The van der Waals surface area contributed by atoms with Crippen LogP contribution in [0.15, 0.2) is 23.4 Å². The van der Waals surface area contributed by atoms with E-state index < -0.39 is 0 Å². The predicted molar refractivity (Wildman–Crippen MR) is 78.2 cm³/mol. The van der Waals surface area contributed by atoms with Gasteiger partial charge < -0.3 is 9.88 Å². The van der Waals surface area contributed by atoms with Gasteiger partial charge in [-0.05, 0) is 30.5 Å². The molecule has 3 nitrogen and oxygen atoms in total. The van der Waals surface area contributed by atoms with Crippen LogP contribution in [0.2, 0.25) is 0 Å². The molecule has 2 aliphatic rings. The van der Waals surface area contributed by atoms with Gasteiger partial charge in [-0.2, -0.15) is 0 Å². The number of aromatic nitrogens is 1. The molecule has 1 saturated carbocycles. The Morgan fingerprint density at radius 1 is 1.44 bits per heavy atom. The molecule has 0 aromatic carbocycles. The molecule has 0 unspecified atom stereocenters. The summed E-state index contributed by atoms with van der Waals surface area (Å²) in [5.41, 5.74) is 1.07. The molecule has 0 radical (unpaired) electrons. The lowest BCUT2D eigenvalue weighted by Gasteiger charge is -2.10. The fraction of sp³-hybridized carbons (Fsp3) is 0.385. The van der Waals surface area contributed by atoms with Crippen molar-refractivity contribution in [2.45, 2.75) is 31.7 Å². The third kappa shape index (κ3) is 2.37. The molecule has 18 heavy (non-hydrogen) atoms. The van der Waals surface area contributed by atoms with Gasteiger partial charge in [0, 0.05) is 18.4 Å². The van der Waals surface area contributed by atoms with E-state index in [1.54, 1.807) is 0 Å². The van der Waals surface area contributed by atoms with Crippen molar-refractivity contribution in [1.82, 2.24) is 9.88 Å². The van der Waals surface area contributed by atoms with Gasteiger partial charge in [-0.15, -0.1) is 0 Å². The number of hydrogen-bond donors (Lipinski definition) is 1. The zero-order valence-corrected chi connectivity index (χ0v) is 11.5. The highest BCUT2D eigenvalue weighted by Gasteiger charge is 2.22. The number of rotatable bonds is 2. The first kappa shape index (κ1) is 12.0.